The summed E-state index contributed by atoms with van der Waals surface area (Å²) in [6.45, 7) is 0. The van der Waals surface area contributed by atoms with Crippen LogP contribution in [0.5, 0.6) is 0 Å². The Hall–Kier alpha value is -3.56. The minimum Gasteiger partial charge on any atom is -0.439 e. The zero-order chi connectivity index (χ0) is 20.4. The molecule has 1 aromatic carbocycles. The Morgan fingerprint density at radius 1 is 0.690 bits per heavy atom. The normalized spacial score (nSPS) is 10.6. The summed E-state index contributed by atoms with van der Waals surface area (Å²) < 4.78 is 5.69. The van der Waals surface area contributed by atoms with Crippen molar-refractivity contribution in [3.8, 4) is 30.8 Å². The van der Waals surface area contributed by atoms with Gasteiger partial charge < -0.3 is 21.2 Å². The molecule has 0 unspecified atom stereocenters. The molecule has 0 aliphatic carbocycles. The topological polar surface area (TPSA) is 137 Å². The number of nitrogens with two attached hydrogens (primary N) is 2. The maximum Gasteiger partial charge on any atom is 0.200 e. The predicted molar refractivity (Wildman–Crippen MR) is 122 cm³/mol. The highest BCUT2D eigenvalue weighted by molar-refractivity contribution is 7.25. The first kappa shape index (κ1) is 18.8. The molecular formula is C20H18N6OS2. The molecular weight excluding hydrogens is 404 g/mol. The van der Waals surface area contributed by atoms with E-state index in [4.69, 9.17) is 26.7 Å². The number of anilines is 2. The molecule has 9 heteroatoms. The molecule has 0 amide bonds. The molecule has 0 atom stereocenters. The molecule has 8 N–H and O–H groups in total. The smallest absolute Gasteiger partial charge is 0.200 e. The van der Waals surface area contributed by atoms with Crippen molar-refractivity contribution in [3.05, 3.63) is 60.7 Å². The number of hydrogen-bond donors (Lipinski definition) is 6. The Morgan fingerprint density at radius 2 is 1.28 bits per heavy atom. The Balaban J connectivity index is 1.52. The average Bonchev–Trinajstić information content (AvgIpc) is 3.41. The predicted octanol–water partition coefficient (Wildman–Crippen LogP) is 5.01. The molecule has 0 aliphatic heterocycles. The number of rotatable bonds is 5. The number of guanidine groups is 2. The van der Waals surface area contributed by atoms with Gasteiger partial charge in [-0.25, -0.2) is 0 Å². The van der Waals surface area contributed by atoms with Gasteiger partial charge in [0.25, 0.3) is 0 Å². The SMILES string of the molecule is N=C(N)Nc1ccc(-c2ccc(-c3ccc(-c4ccc(NC(=N)N)o4)s3)s2)cc1. The third kappa shape index (κ3) is 4.31. The first-order valence-corrected chi connectivity index (χ1v) is 10.2. The van der Waals surface area contributed by atoms with Gasteiger partial charge in [0.05, 0.1) is 4.88 Å². The second kappa shape index (κ2) is 7.82. The highest BCUT2D eigenvalue weighted by atomic mass is 32.1. The summed E-state index contributed by atoms with van der Waals surface area (Å²) in [5.74, 6) is 0.943. The van der Waals surface area contributed by atoms with Crippen molar-refractivity contribution in [2.75, 3.05) is 10.6 Å². The van der Waals surface area contributed by atoms with Gasteiger partial charge in [-0.3, -0.25) is 16.1 Å². The van der Waals surface area contributed by atoms with Crippen LogP contribution in [0, 0.1) is 10.8 Å². The standard InChI is InChI=1S/C20H18N6OS2/c21-19(22)25-12-3-1-11(2-4-12)14-6-8-16(28-14)17-9-7-15(29-17)13-5-10-18(27-13)26-20(23)24/h1-10H,(H4,21,22,25)(H4,23,24,26). The van der Waals surface area contributed by atoms with Crippen LogP contribution in [0.2, 0.25) is 0 Å². The number of hydrogen-bond acceptors (Lipinski definition) is 5. The monoisotopic (exact) mass is 422 g/mol. The number of thiophene rings is 2. The van der Waals surface area contributed by atoms with E-state index < -0.39 is 0 Å². The van der Waals surface area contributed by atoms with Crippen molar-refractivity contribution < 1.29 is 4.42 Å². The maximum absolute atomic E-state index is 7.29. The van der Waals surface area contributed by atoms with Crippen LogP contribution >= 0.6 is 22.7 Å². The van der Waals surface area contributed by atoms with Gasteiger partial charge in [0.15, 0.2) is 17.8 Å². The maximum atomic E-state index is 7.29. The lowest BCUT2D eigenvalue weighted by molar-refractivity contribution is 0.602. The Kier molecular flexibility index (Phi) is 5.07. The minimum atomic E-state index is -0.158. The lowest BCUT2D eigenvalue weighted by Gasteiger charge is -2.04. The molecule has 0 saturated heterocycles. The van der Waals surface area contributed by atoms with E-state index in [0.717, 1.165) is 31.6 Å². The molecule has 146 valence electrons. The van der Waals surface area contributed by atoms with Crippen LogP contribution < -0.4 is 22.1 Å². The van der Waals surface area contributed by atoms with Crippen LogP contribution in [0.4, 0.5) is 11.6 Å². The number of furan rings is 1. The van der Waals surface area contributed by atoms with Crippen molar-refractivity contribution in [3.63, 3.8) is 0 Å². The Morgan fingerprint density at radius 3 is 1.93 bits per heavy atom. The molecule has 0 spiro atoms. The summed E-state index contributed by atoms with van der Waals surface area (Å²) in [6.07, 6.45) is 0. The molecule has 29 heavy (non-hydrogen) atoms. The Bertz CT molecular complexity index is 1170. The van der Waals surface area contributed by atoms with Crippen LogP contribution in [0.3, 0.4) is 0 Å². The fraction of sp³-hybridized carbons (Fsp3) is 0. The quantitative estimate of drug-likeness (QED) is 0.198. The summed E-state index contributed by atoms with van der Waals surface area (Å²) in [7, 11) is 0. The molecule has 0 fully saturated rings. The molecule has 0 bridgehead atoms. The summed E-state index contributed by atoms with van der Waals surface area (Å²) in [4.78, 5) is 4.50. The number of benzene rings is 1. The van der Waals surface area contributed by atoms with E-state index in [1.165, 1.54) is 4.88 Å². The van der Waals surface area contributed by atoms with Crippen LogP contribution in [0.25, 0.3) is 30.8 Å². The molecule has 3 heterocycles. The van der Waals surface area contributed by atoms with E-state index in [0.29, 0.717) is 5.88 Å². The second-order valence-corrected chi connectivity index (χ2v) is 8.31. The molecule has 7 nitrogen and oxygen atoms in total. The second-order valence-electron chi connectivity index (χ2n) is 6.15. The zero-order valence-electron chi connectivity index (χ0n) is 15.2. The summed E-state index contributed by atoms with van der Waals surface area (Å²) in [5, 5.41) is 20.0. The minimum absolute atomic E-state index is 0.0783. The molecule has 4 aromatic rings. The fourth-order valence-corrected chi connectivity index (χ4v) is 4.84. The molecule has 0 radical (unpaired) electrons. The highest BCUT2D eigenvalue weighted by Gasteiger charge is 2.12. The zero-order valence-corrected chi connectivity index (χ0v) is 16.8. The van der Waals surface area contributed by atoms with Crippen molar-refractivity contribution in [1.29, 1.82) is 10.8 Å². The van der Waals surface area contributed by atoms with E-state index in [9.17, 15) is 0 Å². The average molecular weight is 423 g/mol. The number of nitrogens with one attached hydrogen (secondary N) is 4. The van der Waals surface area contributed by atoms with Crippen LogP contribution in [0.1, 0.15) is 0 Å². The molecule has 3 aromatic heterocycles. The fourth-order valence-electron chi connectivity index (χ4n) is 2.77. The van der Waals surface area contributed by atoms with Crippen LogP contribution in [-0.2, 0) is 0 Å². The van der Waals surface area contributed by atoms with Gasteiger partial charge >= 0.3 is 0 Å². The summed E-state index contributed by atoms with van der Waals surface area (Å²) in [5.41, 5.74) is 12.6. The van der Waals surface area contributed by atoms with Crippen molar-refractivity contribution in [1.82, 2.24) is 0 Å². The first-order chi connectivity index (χ1) is 14.0. The van der Waals surface area contributed by atoms with Gasteiger partial charge in [-0.1, -0.05) is 12.1 Å². The van der Waals surface area contributed by atoms with E-state index in [1.807, 2.05) is 36.4 Å². The van der Waals surface area contributed by atoms with Gasteiger partial charge in [0, 0.05) is 26.4 Å². The van der Waals surface area contributed by atoms with E-state index in [1.54, 1.807) is 28.7 Å². The van der Waals surface area contributed by atoms with E-state index in [2.05, 4.69) is 28.8 Å². The van der Waals surface area contributed by atoms with Crippen molar-refractivity contribution in [2.45, 2.75) is 0 Å². The summed E-state index contributed by atoms with van der Waals surface area (Å²) >= 11 is 3.36. The van der Waals surface area contributed by atoms with Gasteiger partial charge in [-0.05, 0) is 48.0 Å². The third-order valence-electron chi connectivity index (χ3n) is 4.01. The van der Waals surface area contributed by atoms with E-state index >= 15 is 0 Å². The van der Waals surface area contributed by atoms with Crippen molar-refractivity contribution in [2.24, 2.45) is 11.5 Å². The van der Waals surface area contributed by atoms with Crippen LogP contribution in [0.15, 0.2) is 65.1 Å². The van der Waals surface area contributed by atoms with E-state index in [-0.39, 0.29) is 11.9 Å². The Labute approximate surface area is 175 Å². The molecule has 0 saturated carbocycles. The van der Waals surface area contributed by atoms with Gasteiger partial charge in [-0.2, -0.15) is 0 Å². The van der Waals surface area contributed by atoms with Gasteiger partial charge in [0.1, 0.15) is 5.76 Å². The lowest BCUT2D eigenvalue weighted by atomic mass is 10.2. The first-order valence-electron chi connectivity index (χ1n) is 8.61. The lowest BCUT2D eigenvalue weighted by Crippen LogP contribution is -2.20. The molecule has 0 aliphatic rings. The third-order valence-corrected chi connectivity index (χ3v) is 6.44. The molecule has 4 rings (SSSR count). The van der Waals surface area contributed by atoms with Crippen molar-refractivity contribution >= 4 is 46.2 Å². The van der Waals surface area contributed by atoms with Gasteiger partial charge in [-0.15, -0.1) is 22.7 Å². The largest absolute Gasteiger partial charge is 0.439 e. The van der Waals surface area contributed by atoms with Gasteiger partial charge in [0.2, 0.25) is 0 Å². The highest BCUT2D eigenvalue weighted by Crippen LogP contribution is 2.41. The van der Waals surface area contributed by atoms with Crippen LogP contribution in [-0.4, -0.2) is 11.9 Å². The summed E-state index contributed by atoms with van der Waals surface area (Å²) in [6, 6.07) is 19.8.